The molecular formula is C24H29N5O2. The Morgan fingerprint density at radius 3 is 2.71 bits per heavy atom. The minimum Gasteiger partial charge on any atom is -0.349 e. The van der Waals surface area contributed by atoms with Crippen LogP contribution in [0.4, 0.5) is 0 Å². The van der Waals surface area contributed by atoms with Crippen molar-refractivity contribution < 1.29 is 4.79 Å². The van der Waals surface area contributed by atoms with Crippen LogP contribution in [0.2, 0.25) is 0 Å². The van der Waals surface area contributed by atoms with Crippen molar-refractivity contribution in [2.45, 2.75) is 52.6 Å². The first-order chi connectivity index (χ1) is 14.7. The van der Waals surface area contributed by atoms with Crippen LogP contribution in [-0.4, -0.2) is 31.1 Å². The Labute approximate surface area is 181 Å². The number of amides is 1. The van der Waals surface area contributed by atoms with Gasteiger partial charge in [0.2, 0.25) is 0 Å². The summed E-state index contributed by atoms with van der Waals surface area (Å²) in [6, 6.07) is 7.63. The number of pyridine rings is 2. The smallest absolute Gasteiger partial charge is 0.330 e. The third-order valence-electron chi connectivity index (χ3n) is 5.61. The van der Waals surface area contributed by atoms with E-state index in [-0.39, 0.29) is 23.1 Å². The normalized spacial score (nSPS) is 16.9. The highest BCUT2D eigenvalue weighted by molar-refractivity contribution is 5.94. The highest BCUT2D eigenvalue weighted by Crippen LogP contribution is 2.28. The molecule has 4 rings (SSSR count). The fourth-order valence-electron chi connectivity index (χ4n) is 4.04. The van der Waals surface area contributed by atoms with Crippen LogP contribution in [-0.2, 0) is 13.6 Å². The SMILES string of the molecule is Cn1c(=O)n(CC(C)(C)C)c2ccc(C3=CCC(NC(=O)c4cccnc4)CC3)nc21. The molecule has 0 aromatic carbocycles. The lowest BCUT2D eigenvalue weighted by molar-refractivity contribution is 0.0934. The Hall–Kier alpha value is -3.22. The van der Waals surface area contributed by atoms with Gasteiger partial charge in [-0.1, -0.05) is 26.8 Å². The molecule has 0 radical (unpaired) electrons. The number of hydrogen-bond donors (Lipinski definition) is 1. The second-order valence-corrected chi connectivity index (χ2v) is 9.44. The summed E-state index contributed by atoms with van der Waals surface area (Å²) in [6.07, 6.45) is 7.81. The Balaban J connectivity index is 1.53. The fourth-order valence-corrected chi connectivity index (χ4v) is 4.04. The van der Waals surface area contributed by atoms with Gasteiger partial charge in [-0.2, -0.15) is 0 Å². The third kappa shape index (κ3) is 4.45. The molecule has 0 fully saturated rings. The van der Waals surface area contributed by atoms with Gasteiger partial charge < -0.3 is 5.32 Å². The lowest BCUT2D eigenvalue weighted by Gasteiger charge is -2.23. The van der Waals surface area contributed by atoms with E-state index in [4.69, 9.17) is 4.98 Å². The molecule has 3 heterocycles. The van der Waals surface area contributed by atoms with Crippen molar-refractivity contribution in [2.75, 3.05) is 0 Å². The number of allylic oxidation sites excluding steroid dienone is 1. The zero-order valence-corrected chi connectivity index (χ0v) is 18.6. The maximum absolute atomic E-state index is 12.7. The van der Waals surface area contributed by atoms with E-state index in [0.29, 0.717) is 17.8 Å². The highest BCUT2D eigenvalue weighted by Gasteiger charge is 2.21. The second kappa shape index (κ2) is 8.13. The molecule has 1 unspecified atom stereocenters. The molecule has 3 aromatic heterocycles. The number of imidazole rings is 1. The Morgan fingerprint density at radius 2 is 2.06 bits per heavy atom. The summed E-state index contributed by atoms with van der Waals surface area (Å²) in [5, 5.41) is 3.09. The average Bonchev–Trinajstić information content (AvgIpc) is 2.98. The molecule has 0 saturated heterocycles. The van der Waals surface area contributed by atoms with E-state index in [1.165, 1.54) is 0 Å². The first-order valence-electron chi connectivity index (χ1n) is 10.7. The van der Waals surface area contributed by atoms with Gasteiger partial charge in [0, 0.05) is 32.0 Å². The molecule has 7 heteroatoms. The summed E-state index contributed by atoms with van der Waals surface area (Å²) in [5.74, 6) is -0.0929. The number of hydrogen-bond acceptors (Lipinski definition) is 4. The van der Waals surface area contributed by atoms with Gasteiger partial charge in [0.15, 0.2) is 5.65 Å². The van der Waals surface area contributed by atoms with Gasteiger partial charge in [-0.25, -0.2) is 9.78 Å². The standard InChI is InChI=1S/C24H29N5O2/c1-24(2,3)15-29-20-12-11-19(27-21(20)28(4)23(29)31)16-7-9-18(10-8-16)26-22(30)17-6-5-13-25-14-17/h5-7,11-14,18H,8-10,15H2,1-4H3,(H,26,30). The quantitative estimate of drug-likeness (QED) is 0.701. The van der Waals surface area contributed by atoms with Gasteiger partial charge in [-0.05, 0) is 54.5 Å². The molecule has 0 spiro atoms. The lowest BCUT2D eigenvalue weighted by atomic mass is 9.93. The van der Waals surface area contributed by atoms with Crippen molar-refractivity contribution in [3.05, 3.63) is 64.5 Å². The van der Waals surface area contributed by atoms with E-state index in [2.05, 4.69) is 37.1 Å². The number of carbonyl (C=O) groups excluding carboxylic acids is 1. The van der Waals surface area contributed by atoms with Crippen LogP contribution in [0.3, 0.4) is 0 Å². The number of carbonyl (C=O) groups is 1. The van der Waals surface area contributed by atoms with E-state index >= 15 is 0 Å². The van der Waals surface area contributed by atoms with E-state index in [1.54, 1.807) is 36.1 Å². The third-order valence-corrected chi connectivity index (χ3v) is 5.61. The van der Waals surface area contributed by atoms with Gasteiger partial charge >= 0.3 is 5.69 Å². The van der Waals surface area contributed by atoms with Crippen molar-refractivity contribution in [3.8, 4) is 0 Å². The molecule has 1 aliphatic rings. The monoisotopic (exact) mass is 419 g/mol. The Morgan fingerprint density at radius 1 is 1.26 bits per heavy atom. The molecule has 1 aliphatic carbocycles. The largest absolute Gasteiger partial charge is 0.349 e. The molecule has 1 N–H and O–H groups in total. The van der Waals surface area contributed by atoms with Gasteiger partial charge in [0.05, 0.1) is 16.8 Å². The van der Waals surface area contributed by atoms with E-state index in [0.717, 1.165) is 36.0 Å². The van der Waals surface area contributed by atoms with Gasteiger partial charge in [0.1, 0.15) is 0 Å². The average molecular weight is 420 g/mol. The van der Waals surface area contributed by atoms with Gasteiger partial charge in [0.25, 0.3) is 5.91 Å². The van der Waals surface area contributed by atoms with Crippen LogP contribution in [0.25, 0.3) is 16.7 Å². The summed E-state index contributed by atoms with van der Waals surface area (Å²) in [7, 11) is 1.78. The van der Waals surface area contributed by atoms with E-state index in [1.807, 2.05) is 16.7 Å². The number of fused-ring (bicyclic) bond motifs is 1. The molecule has 0 aliphatic heterocycles. The summed E-state index contributed by atoms with van der Waals surface area (Å²) in [4.78, 5) is 33.9. The van der Waals surface area contributed by atoms with Gasteiger partial charge in [-0.3, -0.25) is 18.9 Å². The van der Waals surface area contributed by atoms with Crippen molar-refractivity contribution in [1.29, 1.82) is 0 Å². The van der Waals surface area contributed by atoms with Crippen LogP contribution in [0.15, 0.2) is 47.5 Å². The molecular weight excluding hydrogens is 390 g/mol. The number of aromatic nitrogens is 4. The number of nitrogens with one attached hydrogen (secondary N) is 1. The van der Waals surface area contributed by atoms with Crippen LogP contribution in [0.5, 0.6) is 0 Å². The molecule has 3 aromatic rings. The molecule has 7 nitrogen and oxygen atoms in total. The molecule has 162 valence electrons. The van der Waals surface area contributed by atoms with Crippen LogP contribution in [0.1, 0.15) is 56.1 Å². The molecule has 0 bridgehead atoms. The number of aryl methyl sites for hydroxylation is 1. The number of rotatable bonds is 4. The molecule has 31 heavy (non-hydrogen) atoms. The first kappa shape index (κ1) is 21.0. The van der Waals surface area contributed by atoms with Crippen LogP contribution < -0.4 is 11.0 Å². The van der Waals surface area contributed by atoms with Crippen molar-refractivity contribution >= 4 is 22.6 Å². The summed E-state index contributed by atoms with van der Waals surface area (Å²) in [6.45, 7) is 7.01. The van der Waals surface area contributed by atoms with E-state index in [9.17, 15) is 9.59 Å². The molecule has 0 saturated carbocycles. The summed E-state index contributed by atoms with van der Waals surface area (Å²) < 4.78 is 3.44. The minimum absolute atomic E-state index is 0.00205. The molecule has 1 atom stereocenters. The molecule has 1 amide bonds. The van der Waals surface area contributed by atoms with Gasteiger partial charge in [-0.15, -0.1) is 0 Å². The topological polar surface area (TPSA) is 81.8 Å². The predicted molar refractivity (Wildman–Crippen MR) is 122 cm³/mol. The maximum atomic E-state index is 12.7. The Kier molecular flexibility index (Phi) is 5.52. The lowest BCUT2D eigenvalue weighted by Crippen LogP contribution is -2.35. The second-order valence-electron chi connectivity index (χ2n) is 9.44. The predicted octanol–water partition coefficient (Wildman–Crippen LogP) is 3.54. The number of nitrogens with zero attached hydrogens (tertiary/aromatic N) is 4. The van der Waals surface area contributed by atoms with Crippen LogP contribution >= 0.6 is 0 Å². The van der Waals surface area contributed by atoms with Crippen LogP contribution in [0, 0.1) is 5.41 Å². The highest BCUT2D eigenvalue weighted by atomic mass is 16.2. The van der Waals surface area contributed by atoms with Crippen molar-refractivity contribution in [2.24, 2.45) is 12.5 Å². The fraction of sp³-hybridized carbons (Fsp3) is 0.417. The van der Waals surface area contributed by atoms with Crippen molar-refractivity contribution in [3.63, 3.8) is 0 Å². The first-order valence-corrected chi connectivity index (χ1v) is 10.7. The Bertz CT molecular complexity index is 1200. The summed E-state index contributed by atoms with van der Waals surface area (Å²) in [5.41, 5.74) is 4.16. The van der Waals surface area contributed by atoms with E-state index < -0.39 is 0 Å². The summed E-state index contributed by atoms with van der Waals surface area (Å²) >= 11 is 0. The minimum atomic E-state index is -0.0929. The zero-order valence-electron chi connectivity index (χ0n) is 18.6. The van der Waals surface area contributed by atoms with Crippen molar-refractivity contribution in [1.82, 2.24) is 24.4 Å². The maximum Gasteiger partial charge on any atom is 0.330 e. The zero-order chi connectivity index (χ0) is 22.2.